The van der Waals surface area contributed by atoms with E-state index < -0.39 is 0 Å². The predicted octanol–water partition coefficient (Wildman–Crippen LogP) is 5.36. The van der Waals surface area contributed by atoms with Crippen molar-refractivity contribution in [2.24, 2.45) is 29.7 Å². The summed E-state index contributed by atoms with van der Waals surface area (Å²) in [6.07, 6.45) is 16.2. The smallest absolute Gasteiger partial charge is 0.307 e. The molecule has 3 atom stereocenters. The van der Waals surface area contributed by atoms with Crippen LogP contribution in [0.1, 0.15) is 73.1 Å². The van der Waals surface area contributed by atoms with E-state index in [1.54, 1.807) is 5.57 Å². The van der Waals surface area contributed by atoms with Crippen LogP contribution in [0.15, 0.2) is 36.0 Å². The Morgan fingerprint density at radius 3 is 2.84 bits per heavy atom. The Bertz CT molecular complexity index is 1030. The summed E-state index contributed by atoms with van der Waals surface area (Å²) < 4.78 is 4.17. The molecule has 1 saturated carbocycles. The van der Waals surface area contributed by atoms with Crippen LogP contribution in [0.2, 0.25) is 0 Å². The number of aromatic nitrogens is 4. The van der Waals surface area contributed by atoms with Gasteiger partial charge in [0.05, 0.1) is 13.6 Å². The minimum Gasteiger partial charge on any atom is -0.380 e. The van der Waals surface area contributed by atoms with Crippen molar-refractivity contribution in [3.8, 4) is 0 Å². The quantitative estimate of drug-likeness (QED) is 0.521. The summed E-state index contributed by atoms with van der Waals surface area (Å²) in [4.78, 5) is 8.56. The third-order valence-electron chi connectivity index (χ3n) is 8.55. The number of imidazole rings is 1. The zero-order chi connectivity index (χ0) is 22.4. The Labute approximate surface area is 187 Å². The van der Waals surface area contributed by atoms with E-state index >= 15 is 0 Å². The van der Waals surface area contributed by atoms with Crippen LogP contribution in [0, 0.1) is 22.7 Å². The molecule has 0 radical (unpaired) electrons. The van der Waals surface area contributed by atoms with Gasteiger partial charge in [0.15, 0.2) is 18.5 Å². The Balaban J connectivity index is 1.50. The van der Waals surface area contributed by atoms with Crippen molar-refractivity contribution in [2.45, 2.75) is 79.7 Å². The maximum atomic E-state index is 6.14. The van der Waals surface area contributed by atoms with Gasteiger partial charge in [-0.1, -0.05) is 56.0 Å². The van der Waals surface area contributed by atoms with Crippen molar-refractivity contribution in [3.05, 3.63) is 36.0 Å². The molecule has 4 rings (SSSR count). The van der Waals surface area contributed by atoms with E-state index in [2.05, 4.69) is 67.6 Å². The lowest BCUT2D eigenvalue weighted by Gasteiger charge is -2.53. The molecule has 2 aromatic heterocycles. The second-order valence-electron chi connectivity index (χ2n) is 11.0. The highest BCUT2D eigenvalue weighted by molar-refractivity contribution is 5.79. The van der Waals surface area contributed by atoms with Crippen molar-refractivity contribution in [3.63, 3.8) is 0 Å². The summed E-state index contributed by atoms with van der Waals surface area (Å²) in [6, 6.07) is 0. The zero-order valence-corrected chi connectivity index (χ0v) is 20.3. The topological polar surface area (TPSA) is 60.6 Å². The molecule has 2 aromatic rings. The van der Waals surface area contributed by atoms with Crippen molar-refractivity contribution >= 4 is 17.0 Å². The summed E-state index contributed by atoms with van der Waals surface area (Å²) in [5.74, 6) is 2.06. The summed E-state index contributed by atoms with van der Waals surface area (Å²) in [6.45, 7) is 13.1. The molecule has 2 aliphatic carbocycles. The molecular formula is C26H40N5+. The maximum Gasteiger partial charge on any atom is 0.307 e. The van der Waals surface area contributed by atoms with Gasteiger partial charge in [0.1, 0.15) is 0 Å². The molecular weight excluding hydrogens is 382 g/mol. The number of rotatable bonds is 5. The van der Waals surface area contributed by atoms with Crippen molar-refractivity contribution in [2.75, 3.05) is 5.73 Å². The van der Waals surface area contributed by atoms with Gasteiger partial charge in [0.25, 0.3) is 0 Å². The molecule has 2 N–H and O–H groups in total. The molecule has 0 aliphatic heterocycles. The molecule has 0 unspecified atom stereocenters. The van der Waals surface area contributed by atoms with Crippen molar-refractivity contribution < 1.29 is 4.57 Å². The summed E-state index contributed by atoms with van der Waals surface area (Å²) in [7, 11) is 2.00. The number of hydrogen-bond acceptors (Lipinski definition) is 3. The molecule has 5 nitrogen and oxygen atoms in total. The lowest BCUT2D eigenvalue weighted by Crippen LogP contribution is -2.43. The van der Waals surface area contributed by atoms with Gasteiger partial charge in [0, 0.05) is 0 Å². The number of nitrogen functional groups attached to an aromatic ring is 1. The van der Waals surface area contributed by atoms with E-state index in [1.807, 2.05) is 11.6 Å². The van der Waals surface area contributed by atoms with Crippen LogP contribution in [0.4, 0.5) is 5.82 Å². The van der Waals surface area contributed by atoms with Crippen molar-refractivity contribution in [1.29, 1.82) is 0 Å². The molecule has 0 amide bonds. The lowest BCUT2D eigenvalue weighted by atomic mass is 9.52. The van der Waals surface area contributed by atoms with E-state index in [9.17, 15) is 0 Å². The van der Waals surface area contributed by atoms with Crippen LogP contribution in [0.5, 0.6) is 0 Å². The minimum absolute atomic E-state index is 0.320. The van der Waals surface area contributed by atoms with Gasteiger partial charge in [-0.25, -0.2) is 4.57 Å². The third kappa shape index (κ3) is 3.92. The highest BCUT2D eigenvalue weighted by atomic mass is 15.2. The average Bonchev–Trinajstić information content (AvgIpc) is 3.05. The second-order valence-corrected chi connectivity index (χ2v) is 11.0. The summed E-state index contributed by atoms with van der Waals surface area (Å²) >= 11 is 0. The SMILES string of the molecule is C/C(=C\Cn1c[n+](C)c2ncnc(N)c21)CC[C@]1(C)C2=CCCC(C)(C)[C@H]2CC[C@@H]1C. The Morgan fingerprint density at radius 1 is 1.29 bits per heavy atom. The van der Waals surface area contributed by atoms with Gasteiger partial charge in [-0.05, 0) is 68.1 Å². The molecule has 2 heterocycles. The van der Waals surface area contributed by atoms with Gasteiger partial charge in [-0.15, -0.1) is 0 Å². The highest BCUT2D eigenvalue weighted by Crippen LogP contribution is 2.58. The predicted molar refractivity (Wildman–Crippen MR) is 127 cm³/mol. The summed E-state index contributed by atoms with van der Waals surface area (Å²) in [5, 5.41) is 0. The van der Waals surface area contributed by atoms with Crippen LogP contribution in [-0.2, 0) is 13.6 Å². The molecule has 2 aliphatic rings. The number of hydrogen-bond donors (Lipinski definition) is 1. The number of allylic oxidation sites excluding steroid dienone is 4. The van der Waals surface area contributed by atoms with E-state index in [0.29, 0.717) is 16.6 Å². The second kappa shape index (κ2) is 8.07. The van der Waals surface area contributed by atoms with E-state index in [4.69, 9.17) is 5.73 Å². The normalized spacial score (nSPS) is 28.5. The molecule has 0 bridgehead atoms. The van der Waals surface area contributed by atoms with Crippen LogP contribution < -0.4 is 10.3 Å². The van der Waals surface area contributed by atoms with E-state index in [1.165, 1.54) is 44.0 Å². The fourth-order valence-corrected chi connectivity index (χ4v) is 6.11. The number of aryl methyl sites for hydroxylation is 1. The monoisotopic (exact) mass is 422 g/mol. The molecule has 0 saturated heterocycles. The minimum atomic E-state index is 0.320. The van der Waals surface area contributed by atoms with Crippen molar-refractivity contribution in [1.82, 2.24) is 14.5 Å². The number of anilines is 1. The van der Waals surface area contributed by atoms with Crippen LogP contribution in [-0.4, -0.2) is 14.5 Å². The maximum absolute atomic E-state index is 6.14. The fourth-order valence-electron chi connectivity index (χ4n) is 6.11. The summed E-state index contributed by atoms with van der Waals surface area (Å²) in [5.41, 5.74) is 11.9. The third-order valence-corrected chi connectivity index (χ3v) is 8.55. The van der Waals surface area contributed by atoms with E-state index in [0.717, 1.165) is 36.0 Å². The van der Waals surface area contributed by atoms with Crippen LogP contribution in [0.25, 0.3) is 11.2 Å². The first-order chi connectivity index (χ1) is 14.6. The van der Waals surface area contributed by atoms with Gasteiger partial charge in [-0.2, -0.15) is 4.98 Å². The molecule has 0 spiro atoms. The largest absolute Gasteiger partial charge is 0.380 e. The Kier molecular flexibility index (Phi) is 5.74. The first-order valence-electron chi connectivity index (χ1n) is 11.9. The van der Waals surface area contributed by atoms with Gasteiger partial charge in [-0.3, -0.25) is 4.57 Å². The van der Waals surface area contributed by atoms with Crippen LogP contribution >= 0.6 is 0 Å². The zero-order valence-electron chi connectivity index (χ0n) is 20.3. The molecule has 1 fully saturated rings. The Morgan fingerprint density at radius 2 is 2.06 bits per heavy atom. The lowest BCUT2D eigenvalue weighted by molar-refractivity contribution is -0.647. The molecule has 0 aromatic carbocycles. The number of nitrogens with zero attached hydrogens (tertiary/aromatic N) is 4. The Hall–Kier alpha value is -2.17. The number of nitrogens with two attached hydrogens (primary N) is 1. The number of fused-ring (bicyclic) bond motifs is 2. The molecule has 168 valence electrons. The average molecular weight is 423 g/mol. The first kappa shape index (κ1) is 22.0. The molecule has 31 heavy (non-hydrogen) atoms. The van der Waals surface area contributed by atoms with E-state index in [-0.39, 0.29) is 0 Å². The molecule has 5 heteroatoms. The van der Waals surface area contributed by atoms with Gasteiger partial charge < -0.3 is 5.73 Å². The highest BCUT2D eigenvalue weighted by Gasteiger charge is 2.47. The standard InChI is InChI=1S/C26H40N5/c1-18(12-15-31-17-30(6)24-22(31)23(27)28-16-29-24)11-14-26(5)19(2)9-10-20-21(26)8-7-13-25(20,3)4/h8,12,16-17,19-20H,7,9-11,13-15H2,1-6H3,(H2,27,28,29)/q+1/b18-12+/t19-,20-,26-/m0/s1. The first-order valence-corrected chi connectivity index (χ1v) is 11.9. The van der Waals surface area contributed by atoms with Gasteiger partial charge in [0.2, 0.25) is 5.52 Å². The van der Waals surface area contributed by atoms with Crippen LogP contribution in [0.3, 0.4) is 0 Å². The fraction of sp³-hybridized carbons (Fsp3) is 0.654. The van der Waals surface area contributed by atoms with Gasteiger partial charge >= 0.3 is 5.65 Å².